The minimum atomic E-state index is -1.14. The molecule has 2 fully saturated rings. The molecule has 0 radical (unpaired) electrons. The molecule has 1 aliphatic heterocycles. The van der Waals surface area contributed by atoms with Crippen LogP contribution in [-0.2, 0) is 23.9 Å². The van der Waals surface area contributed by atoms with Crippen LogP contribution in [0.1, 0.15) is 20.8 Å². The van der Waals surface area contributed by atoms with Crippen LogP contribution in [0.5, 0.6) is 0 Å². The number of esters is 2. The Kier molecular flexibility index (Phi) is 3.48. The smallest absolute Gasteiger partial charge is 0.334 e. The summed E-state index contributed by atoms with van der Waals surface area (Å²) in [6.07, 6.45) is 0.501. The fraction of sp³-hybridized carbons (Fsp3) is 0.588. The summed E-state index contributed by atoms with van der Waals surface area (Å²) >= 11 is 0. The third kappa shape index (κ3) is 2.01. The summed E-state index contributed by atoms with van der Waals surface area (Å²) < 4.78 is 10.8. The van der Waals surface area contributed by atoms with Crippen molar-refractivity contribution in [1.82, 2.24) is 0 Å². The van der Waals surface area contributed by atoms with Crippen molar-refractivity contribution in [2.75, 3.05) is 0 Å². The number of carbonyl (C=O) groups excluding carboxylic acids is 3. The van der Waals surface area contributed by atoms with Crippen LogP contribution >= 0.6 is 0 Å². The molecule has 7 atom stereocenters. The topological polar surface area (TPSA) is 89.9 Å². The van der Waals surface area contributed by atoms with E-state index in [4.69, 9.17) is 9.47 Å². The van der Waals surface area contributed by atoms with Crippen LogP contribution in [-0.4, -0.2) is 41.1 Å². The molecule has 0 spiro atoms. The van der Waals surface area contributed by atoms with E-state index < -0.39 is 41.6 Å². The van der Waals surface area contributed by atoms with Gasteiger partial charge in [0.25, 0.3) is 0 Å². The molecular weight excluding hydrogens is 300 g/mol. The minimum absolute atomic E-state index is 0.119. The summed E-state index contributed by atoms with van der Waals surface area (Å²) in [6, 6.07) is 0. The Morgan fingerprint density at radius 2 is 2.09 bits per heavy atom. The van der Waals surface area contributed by atoms with Gasteiger partial charge in [-0.25, -0.2) is 4.79 Å². The summed E-state index contributed by atoms with van der Waals surface area (Å²) in [6.45, 7) is 8.52. The number of hydrogen-bond acceptors (Lipinski definition) is 6. The quantitative estimate of drug-likeness (QED) is 0.567. The normalized spacial score (nSPS) is 45.3. The average Bonchev–Trinajstić information content (AvgIpc) is 2.92. The Morgan fingerprint density at radius 3 is 2.70 bits per heavy atom. The van der Waals surface area contributed by atoms with E-state index >= 15 is 0 Å². The molecular formula is C17H20O6. The number of rotatable bonds is 1. The number of aliphatic hydroxyl groups excluding tert-OH is 1. The minimum Gasteiger partial charge on any atom is -0.458 e. The Hall–Kier alpha value is -1.95. The van der Waals surface area contributed by atoms with E-state index in [1.807, 2.05) is 6.92 Å². The predicted octanol–water partition coefficient (Wildman–Crippen LogP) is 0.788. The van der Waals surface area contributed by atoms with Gasteiger partial charge in [0, 0.05) is 18.4 Å². The molecule has 1 N–H and O–H groups in total. The van der Waals surface area contributed by atoms with E-state index in [1.165, 1.54) is 13.0 Å². The van der Waals surface area contributed by atoms with Gasteiger partial charge >= 0.3 is 11.9 Å². The highest BCUT2D eigenvalue weighted by Crippen LogP contribution is 2.53. The van der Waals surface area contributed by atoms with Crippen molar-refractivity contribution in [3.63, 3.8) is 0 Å². The number of ether oxygens (including phenoxy) is 2. The fourth-order valence-electron chi connectivity index (χ4n) is 4.29. The van der Waals surface area contributed by atoms with Crippen molar-refractivity contribution in [2.24, 2.45) is 23.2 Å². The van der Waals surface area contributed by atoms with E-state index in [1.54, 1.807) is 13.0 Å². The van der Waals surface area contributed by atoms with Crippen molar-refractivity contribution in [1.29, 1.82) is 0 Å². The Morgan fingerprint density at radius 1 is 1.43 bits per heavy atom. The summed E-state index contributed by atoms with van der Waals surface area (Å²) in [7, 11) is 0. The van der Waals surface area contributed by atoms with E-state index in [0.717, 1.165) is 0 Å². The van der Waals surface area contributed by atoms with E-state index in [9.17, 15) is 19.5 Å². The number of allylic oxidation sites excluding steroid dienone is 2. The van der Waals surface area contributed by atoms with Gasteiger partial charge in [0.1, 0.15) is 12.2 Å². The van der Waals surface area contributed by atoms with Crippen molar-refractivity contribution in [2.45, 2.75) is 39.1 Å². The van der Waals surface area contributed by atoms with Crippen LogP contribution in [0.25, 0.3) is 0 Å². The Labute approximate surface area is 134 Å². The lowest BCUT2D eigenvalue weighted by molar-refractivity contribution is -0.165. The monoisotopic (exact) mass is 320 g/mol. The number of ketones is 1. The average molecular weight is 320 g/mol. The largest absolute Gasteiger partial charge is 0.458 e. The summed E-state index contributed by atoms with van der Waals surface area (Å²) in [5, 5.41) is 10.9. The second kappa shape index (κ2) is 5.03. The van der Waals surface area contributed by atoms with Crippen LogP contribution in [0, 0.1) is 23.2 Å². The van der Waals surface area contributed by atoms with E-state index in [0.29, 0.717) is 0 Å². The van der Waals surface area contributed by atoms with Gasteiger partial charge in [0.2, 0.25) is 0 Å². The first-order valence-electron chi connectivity index (χ1n) is 7.67. The summed E-state index contributed by atoms with van der Waals surface area (Å²) in [5.41, 5.74) is -0.970. The molecule has 1 heterocycles. The van der Waals surface area contributed by atoms with Crippen LogP contribution < -0.4 is 0 Å². The van der Waals surface area contributed by atoms with Crippen LogP contribution in [0.2, 0.25) is 0 Å². The van der Waals surface area contributed by atoms with Crippen molar-refractivity contribution in [3.8, 4) is 0 Å². The molecule has 23 heavy (non-hydrogen) atoms. The molecule has 0 aromatic carbocycles. The van der Waals surface area contributed by atoms with Crippen molar-refractivity contribution < 1.29 is 29.0 Å². The zero-order chi connectivity index (χ0) is 17.1. The molecule has 0 bridgehead atoms. The summed E-state index contributed by atoms with van der Waals surface area (Å²) in [5.74, 6) is -2.70. The SMILES string of the molecule is C=C1C(=O)O[C@H]2[C@H](OC(C)=O)[C@@H](C)[C@@H]3C=CC(=O)[C@@]3(C)[C@@H](O)[C@H]12. The molecule has 1 saturated carbocycles. The molecule has 2 aliphatic carbocycles. The fourth-order valence-corrected chi connectivity index (χ4v) is 4.29. The second-order valence-electron chi connectivity index (χ2n) is 6.83. The van der Waals surface area contributed by atoms with Crippen LogP contribution in [0.15, 0.2) is 24.3 Å². The highest BCUT2D eigenvalue weighted by atomic mass is 16.6. The zero-order valence-corrected chi connectivity index (χ0v) is 13.3. The zero-order valence-electron chi connectivity index (χ0n) is 13.3. The number of fused-ring (bicyclic) bond motifs is 2. The van der Waals surface area contributed by atoms with Crippen LogP contribution in [0.4, 0.5) is 0 Å². The van der Waals surface area contributed by atoms with Crippen molar-refractivity contribution >= 4 is 17.7 Å². The first kappa shape index (κ1) is 15.9. The Balaban J connectivity index is 2.13. The molecule has 0 aromatic rings. The van der Waals surface area contributed by atoms with Crippen LogP contribution in [0.3, 0.4) is 0 Å². The number of aliphatic hydroxyl groups is 1. The molecule has 0 aromatic heterocycles. The molecule has 124 valence electrons. The summed E-state index contributed by atoms with van der Waals surface area (Å²) in [4.78, 5) is 35.9. The number of carbonyl (C=O) groups is 3. The highest BCUT2D eigenvalue weighted by molar-refractivity contribution is 5.99. The van der Waals surface area contributed by atoms with E-state index in [-0.39, 0.29) is 23.2 Å². The predicted molar refractivity (Wildman–Crippen MR) is 79.0 cm³/mol. The van der Waals surface area contributed by atoms with Gasteiger partial charge in [-0.15, -0.1) is 0 Å². The molecule has 3 aliphatic rings. The second-order valence-corrected chi connectivity index (χ2v) is 6.83. The Bertz CT molecular complexity index is 635. The van der Waals surface area contributed by atoms with Gasteiger partial charge in [-0.1, -0.05) is 19.6 Å². The first-order chi connectivity index (χ1) is 10.7. The van der Waals surface area contributed by atoms with Gasteiger partial charge in [-0.3, -0.25) is 9.59 Å². The molecule has 6 nitrogen and oxygen atoms in total. The maximum Gasteiger partial charge on any atom is 0.334 e. The molecule has 3 rings (SSSR count). The lowest BCUT2D eigenvalue weighted by atomic mass is 9.67. The molecule has 0 unspecified atom stereocenters. The van der Waals surface area contributed by atoms with Gasteiger partial charge in [-0.2, -0.15) is 0 Å². The highest BCUT2D eigenvalue weighted by Gasteiger charge is 2.63. The molecule has 1 saturated heterocycles. The lowest BCUT2D eigenvalue weighted by Crippen LogP contribution is -2.46. The number of hydrogen-bond donors (Lipinski definition) is 1. The van der Waals surface area contributed by atoms with Gasteiger partial charge in [0.15, 0.2) is 5.78 Å². The maximum atomic E-state index is 12.4. The maximum absolute atomic E-state index is 12.4. The molecule has 6 heteroatoms. The third-order valence-electron chi connectivity index (χ3n) is 5.61. The lowest BCUT2D eigenvalue weighted by Gasteiger charge is -2.37. The first-order valence-corrected chi connectivity index (χ1v) is 7.67. The van der Waals surface area contributed by atoms with E-state index in [2.05, 4.69) is 6.58 Å². The standard InChI is InChI=1S/C17H20O6/c1-7-10-5-6-11(19)17(10,4)15(20)12-8(2)16(21)23-14(12)13(7)22-9(3)18/h5-7,10,12-15,20H,2H2,1,3-4H3/t7-,10-,12+,13+,14+,15-,17-/m0/s1. The third-order valence-corrected chi connectivity index (χ3v) is 5.61. The van der Waals surface area contributed by atoms with Gasteiger partial charge in [-0.05, 0) is 18.9 Å². The van der Waals surface area contributed by atoms with Gasteiger partial charge < -0.3 is 14.6 Å². The van der Waals surface area contributed by atoms with Gasteiger partial charge in [0.05, 0.1) is 17.4 Å². The van der Waals surface area contributed by atoms with Crippen molar-refractivity contribution in [3.05, 3.63) is 24.3 Å². The molecule has 0 amide bonds.